The van der Waals surface area contributed by atoms with Gasteiger partial charge in [-0.15, -0.1) is 0 Å². The summed E-state index contributed by atoms with van der Waals surface area (Å²) in [6.45, 7) is 0. The van der Waals surface area contributed by atoms with E-state index in [-0.39, 0.29) is 29.6 Å². The quantitative estimate of drug-likeness (QED) is 0.387. The minimum absolute atomic E-state index is 0. The van der Waals surface area contributed by atoms with Crippen molar-refractivity contribution < 1.29 is 34.2 Å². The molecule has 0 radical (unpaired) electrons. The van der Waals surface area contributed by atoms with E-state index in [1.165, 1.54) is 0 Å². The third-order valence-corrected chi connectivity index (χ3v) is 0. The van der Waals surface area contributed by atoms with Crippen LogP contribution in [0.1, 0.15) is 0 Å². The van der Waals surface area contributed by atoms with E-state index >= 15 is 0 Å². The molecule has 0 rings (SSSR count). The third kappa shape index (κ3) is 79.5. The van der Waals surface area contributed by atoms with Crippen LogP contribution in [-0.4, -0.2) is 3.25 Å². The molecule has 0 aromatic heterocycles. The fraction of sp³-hybridized carbons (Fsp3) is 1.00. The standard InChI is InChI=1S/CCl4.ClO.Na/c2-1(3,4)5;1-2;/q;-1;+1. The fourth-order valence-corrected chi connectivity index (χ4v) is 0. The predicted molar refractivity (Wildman–Crippen MR) is 32.0 cm³/mol. The first kappa shape index (κ1) is 16.8. The molecule has 0 aliphatic carbocycles. The van der Waals surface area contributed by atoms with Crippen LogP contribution in [0.5, 0.6) is 0 Å². The maximum absolute atomic E-state index is 7.72. The van der Waals surface area contributed by atoms with Gasteiger partial charge >= 0.3 is 29.6 Å². The summed E-state index contributed by atoms with van der Waals surface area (Å²) in [5.74, 6) is 0. The minimum atomic E-state index is -1.61. The van der Waals surface area contributed by atoms with Crippen LogP contribution in [0.15, 0.2) is 0 Å². The van der Waals surface area contributed by atoms with Gasteiger partial charge in [0.05, 0.1) is 0 Å². The van der Waals surface area contributed by atoms with Gasteiger partial charge in [-0.3, -0.25) is 0 Å². The monoisotopic (exact) mass is 226 g/mol. The topological polar surface area (TPSA) is 23.1 Å². The Morgan fingerprint density at radius 2 is 0.875 bits per heavy atom. The summed E-state index contributed by atoms with van der Waals surface area (Å²) in [5.41, 5.74) is 0. The molecule has 0 unspecified atom stereocenters. The Morgan fingerprint density at radius 3 is 0.875 bits per heavy atom. The van der Waals surface area contributed by atoms with Crippen molar-refractivity contribution >= 4 is 58.3 Å². The zero-order chi connectivity index (χ0) is 6.50. The molecule has 0 aliphatic rings. The van der Waals surface area contributed by atoms with Gasteiger partial charge in [0, 0.05) is 0 Å². The number of hydrogen-bond acceptors (Lipinski definition) is 1. The first-order chi connectivity index (χ1) is 3.00. The first-order valence-corrected chi connectivity index (χ1v) is 2.73. The molecule has 0 saturated heterocycles. The molecule has 1 nitrogen and oxygen atoms in total. The van der Waals surface area contributed by atoms with Gasteiger partial charge in [-0.05, 0) is 0 Å². The number of halogens is 5. The van der Waals surface area contributed by atoms with E-state index < -0.39 is 3.25 Å². The number of hydrogen-bond donors (Lipinski definition) is 0. The van der Waals surface area contributed by atoms with Crippen molar-refractivity contribution in [2.24, 2.45) is 0 Å². The van der Waals surface area contributed by atoms with E-state index in [0.717, 1.165) is 0 Å². The second-order valence-corrected chi connectivity index (χ2v) is 3.86. The molecule has 0 heterocycles. The molecule has 0 aromatic carbocycles. The average molecular weight is 228 g/mol. The van der Waals surface area contributed by atoms with Gasteiger partial charge in [-0.1, -0.05) is 46.4 Å². The first-order valence-electron chi connectivity index (χ1n) is 0.910. The molecule has 0 fully saturated rings. The maximum atomic E-state index is 7.72. The Labute approximate surface area is 94.6 Å². The molecule has 0 N–H and O–H groups in total. The van der Waals surface area contributed by atoms with Crippen LogP contribution in [0.2, 0.25) is 0 Å². The summed E-state index contributed by atoms with van der Waals surface area (Å²) in [5, 5.41) is 0. The van der Waals surface area contributed by atoms with Gasteiger partial charge < -0.3 is 4.66 Å². The summed E-state index contributed by atoms with van der Waals surface area (Å²) in [6.07, 6.45) is 0. The second kappa shape index (κ2) is 9.41. The summed E-state index contributed by atoms with van der Waals surface area (Å²) >= 11 is 22.7. The molecular weight excluding hydrogens is 228 g/mol. The van der Waals surface area contributed by atoms with Crippen molar-refractivity contribution in [2.75, 3.05) is 0 Å². The van der Waals surface area contributed by atoms with Crippen LogP contribution < -0.4 is 34.2 Å². The molecule has 0 spiro atoms. The molecule has 0 amide bonds. The molecular formula is CCl5NaO. The van der Waals surface area contributed by atoms with Crippen molar-refractivity contribution in [1.29, 1.82) is 0 Å². The summed E-state index contributed by atoms with van der Waals surface area (Å²) < 4.78 is 6.11. The zero-order valence-electron chi connectivity index (χ0n) is 3.80. The van der Waals surface area contributed by atoms with Gasteiger partial charge in [-0.2, -0.15) is 0 Å². The molecule has 0 saturated carbocycles. The fourth-order valence-electron chi connectivity index (χ4n) is 0. The molecule has 46 valence electrons. The number of alkyl halides is 4. The Kier molecular flexibility index (Phi) is 19.7. The van der Waals surface area contributed by atoms with E-state index in [1.807, 2.05) is 0 Å². The molecule has 0 atom stereocenters. The van der Waals surface area contributed by atoms with E-state index in [9.17, 15) is 0 Å². The Morgan fingerprint density at radius 1 is 0.875 bits per heavy atom. The van der Waals surface area contributed by atoms with Crippen molar-refractivity contribution in [3.63, 3.8) is 0 Å². The minimum Gasteiger partial charge on any atom is -0.769 e. The van der Waals surface area contributed by atoms with Crippen molar-refractivity contribution in [3.8, 4) is 0 Å². The summed E-state index contributed by atoms with van der Waals surface area (Å²) in [6, 6.07) is 0. The molecule has 7 heteroatoms. The molecule has 0 aliphatic heterocycles. The predicted octanol–water partition coefficient (Wildman–Crippen LogP) is -0.943. The Hall–Kier alpha value is 2.41. The van der Waals surface area contributed by atoms with Crippen LogP contribution in [0.25, 0.3) is 0 Å². The maximum Gasteiger partial charge on any atom is 1.00 e. The van der Waals surface area contributed by atoms with E-state index in [0.29, 0.717) is 0 Å². The van der Waals surface area contributed by atoms with Crippen LogP contribution in [0.3, 0.4) is 0 Å². The second-order valence-electron chi connectivity index (χ2n) is 0.429. The molecule has 0 bridgehead atoms. The normalized spacial score (nSPS) is 8.25. The average Bonchev–Trinajstić information content (AvgIpc) is 1.36. The zero-order valence-corrected chi connectivity index (χ0v) is 9.58. The number of rotatable bonds is 0. The van der Waals surface area contributed by atoms with Gasteiger partial charge in [0.1, 0.15) is 0 Å². The largest absolute Gasteiger partial charge is 1.00 e. The van der Waals surface area contributed by atoms with E-state index in [1.54, 1.807) is 0 Å². The van der Waals surface area contributed by atoms with Crippen molar-refractivity contribution in [3.05, 3.63) is 0 Å². The van der Waals surface area contributed by atoms with Crippen LogP contribution >= 0.6 is 58.3 Å². The smallest absolute Gasteiger partial charge is 0.769 e. The molecule has 8 heavy (non-hydrogen) atoms. The van der Waals surface area contributed by atoms with Gasteiger partial charge in [-0.25, -0.2) is 11.9 Å². The van der Waals surface area contributed by atoms with Crippen LogP contribution in [0, 0.1) is 0 Å². The van der Waals surface area contributed by atoms with Crippen LogP contribution in [0.4, 0.5) is 0 Å². The SMILES string of the molecule is ClC(Cl)(Cl)Cl.[Na+].[O-]Cl. The van der Waals surface area contributed by atoms with Gasteiger partial charge in [0.25, 0.3) is 3.25 Å². The summed E-state index contributed by atoms with van der Waals surface area (Å²) in [7, 11) is 0. The third-order valence-electron chi connectivity index (χ3n) is 0. The van der Waals surface area contributed by atoms with Crippen molar-refractivity contribution in [2.45, 2.75) is 3.25 Å². The molecule has 0 aromatic rings. The van der Waals surface area contributed by atoms with Crippen LogP contribution in [-0.2, 0) is 0 Å². The van der Waals surface area contributed by atoms with E-state index in [4.69, 9.17) is 51.1 Å². The van der Waals surface area contributed by atoms with Gasteiger partial charge in [0.15, 0.2) is 0 Å². The van der Waals surface area contributed by atoms with Crippen molar-refractivity contribution in [1.82, 2.24) is 0 Å². The Balaban J connectivity index is -0.0000000750. The summed E-state index contributed by atoms with van der Waals surface area (Å²) in [4.78, 5) is 0. The Bertz CT molecular complexity index is 27.9. The van der Waals surface area contributed by atoms with Gasteiger partial charge in [0.2, 0.25) is 0 Å². The van der Waals surface area contributed by atoms with E-state index in [2.05, 4.69) is 11.9 Å².